The number of nitrogens with one attached hydrogen (secondary N) is 2. The molecule has 0 unspecified atom stereocenters. The Hall–Kier alpha value is -1.51. The molecule has 0 amide bonds. The predicted octanol–water partition coefficient (Wildman–Crippen LogP) is 2.20. The number of aromatic nitrogens is 2. The van der Waals surface area contributed by atoms with Crippen molar-refractivity contribution in [3.8, 4) is 0 Å². The van der Waals surface area contributed by atoms with Crippen molar-refractivity contribution < 1.29 is 0 Å². The van der Waals surface area contributed by atoms with Crippen molar-refractivity contribution in [2.24, 2.45) is 0 Å². The summed E-state index contributed by atoms with van der Waals surface area (Å²) in [6.07, 6.45) is 3.47. The third-order valence-electron chi connectivity index (χ3n) is 2.40. The Kier molecular flexibility index (Phi) is 2.39. The number of aryl methyl sites for hydroxylation is 1. The van der Waals surface area contributed by atoms with Crippen LogP contribution in [-0.4, -0.2) is 9.97 Å². The molecule has 3 heteroatoms. The summed E-state index contributed by atoms with van der Waals surface area (Å²) in [4.78, 5) is 16.5. The van der Waals surface area contributed by atoms with Gasteiger partial charge in [-0.25, -0.2) is 4.79 Å². The molecule has 3 nitrogen and oxygen atoms in total. The van der Waals surface area contributed by atoms with E-state index in [2.05, 4.69) is 23.0 Å². The monoisotopic (exact) mass is 190 g/mol. The highest BCUT2D eigenvalue weighted by Gasteiger charge is 1.98. The second-order valence-electron chi connectivity index (χ2n) is 3.56. The Balaban J connectivity index is 2.35. The van der Waals surface area contributed by atoms with Crippen molar-refractivity contribution >= 4 is 11.0 Å². The minimum Gasteiger partial charge on any atom is -0.306 e. The van der Waals surface area contributed by atoms with Gasteiger partial charge in [-0.2, -0.15) is 0 Å². The molecule has 0 aliphatic rings. The molecule has 74 valence electrons. The minimum absolute atomic E-state index is 0.132. The normalized spacial score (nSPS) is 10.9. The molecule has 1 aromatic carbocycles. The lowest BCUT2D eigenvalue weighted by molar-refractivity contribution is 0.796. The second kappa shape index (κ2) is 3.70. The summed E-state index contributed by atoms with van der Waals surface area (Å²) in [5.41, 5.74) is 2.95. The Labute approximate surface area is 82.2 Å². The van der Waals surface area contributed by atoms with E-state index in [1.807, 2.05) is 12.1 Å². The first kappa shape index (κ1) is 9.06. The standard InChI is InChI=1S/C11H14N2O/c1-2-3-4-8-5-6-9-10(7-8)13-11(14)12-9/h5-7H,2-4H2,1H3,(H2,12,13,14). The maximum Gasteiger partial charge on any atom is 0.323 e. The fourth-order valence-electron chi connectivity index (χ4n) is 1.62. The molecule has 0 saturated heterocycles. The molecule has 0 atom stereocenters. The van der Waals surface area contributed by atoms with E-state index >= 15 is 0 Å². The summed E-state index contributed by atoms with van der Waals surface area (Å²) in [5.74, 6) is 0. The number of rotatable bonds is 3. The fraction of sp³-hybridized carbons (Fsp3) is 0.364. The van der Waals surface area contributed by atoms with Crippen LogP contribution in [0.3, 0.4) is 0 Å². The van der Waals surface area contributed by atoms with Crippen molar-refractivity contribution in [2.45, 2.75) is 26.2 Å². The number of hydrogen-bond donors (Lipinski definition) is 2. The van der Waals surface area contributed by atoms with Gasteiger partial charge in [0.25, 0.3) is 0 Å². The van der Waals surface area contributed by atoms with Crippen LogP contribution in [-0.2, 0) is 6.42 Å². The van der Waals surface area contributed by atoms with Gasteiger partial charge in [0, 0.05) is 0 Å². The average molecular weight is 190 g/mol. The molecular formula is C11H14N2O. The second-order valence-corrected chi connectivity index (χ2v) is 3.56. The van der Waals surface area contributed by atoms with Crippen LogP contribution in [0.5, 0.6) is 0 Å². The molecule has 0 spiro atoms. The number of H-pyrrole nitrogens is 2. The lowest BCUT2D eigenvalue weighted by Crippen LogP contribution is -1.99. The molecule has 0 bridgehead atoms. The summed E-state index contributed by atoms with van der Waals surface area (Å²) < 4.78 is 0. The largest absolute Gasteiger partial charge is 0.323 e. The molecule has 0 aliphatic carbocycles. The number of hydrogen-bond acceptors (Lipinski definition) is 1. The fourth-order valence-corrected chi connectivity index (χ4v) is 1.62. The average Bonchev–Trinajstić information content (AvgIpc) is 2.54. The van der Waals surface area contributed by atoms with Crippen LogP contribution in [0.15, 0.2) is 23.0 Å². The van der Waals surface area contributed by atoms with Gasteiger partial charge in [0.15, 0.2) is 0 Å². The van der Waals surface area contributed by atoms with Crippen LogP contribution in [0.2, 0.25) is 0 Å². The van der Waals surface area contributed by atoms with Gasteiger partial charge >= 0.3 is 5.69 Å². The van der Waals surface area contributed by atoms with Gasteiger partial charge in [-0.3, -0.25) is 0 Å². The van der Waals surface area contributed by atoms with Gasteiger partial charge in [-0.15, -0.1) is 0 Å². The van der Waals surface area contributed by atoms with E-state index in [4.69, 9.17) is 0 Å². The predicted molar refractivity (Wildman–Crippen MR) is 57.5 cm³/mol. The Bertz CT molecular complexity index is 481. The van der Waals surface area contributed by atoms with Crippen molar-refractivity contribution in [1.29, 1.82) is 0 Å². The summed E-state index contributed by atoms with van der Waals surface area (Å²) in [5, 5.41) is 0. The lowest BCUT2D eigenvalue weighted by atomic mass is 10.1. The molecule has 2 aromatic rings. The molecule has 0 saturated carbocycles. The molecule has 0 aliphatic heterocycles. The van der Waals surface area contributed by atoms with Crippen LogP contribution in [0.25, 0.3) is 11.0 Å². The van der Waals surface area contributed by atoms with Crippen LogP contribution in [0.4, 0.5) is 0 Å². The van der Waals surface area contributed by atoms with Crippen LogP contribution >= 0.6 is 0 Å². The molecule has 0 fully saturated rings. The Morgan fingerprint density at radius 2 is 2.00 bits per heavy atom. The van der Waals surface area contributed by atoms with Gasteiger partial charge in [-0.1, -0.05) is 19.4 Å². The number of unbranched alkanes of at least 4 members (excludes halogenated alkanes) is 1. The summed E-state index contributed by atoms with van der Waals surface area (Å²) in [7, 11) is 0. The van der Waals surface area contributed by atoms with Crippen LogP contribution in [0.1, 0.15) is 25.3 Å². The number of aromatic amines is 2. The minimum atomic E-state index is -0.132. The first-order valence-electron chi connectivity index (χ1n) is 5.00. The van der Waals surface area contributed by atoms with Gasteiger partial charge in [0.1, 0.15) is 0 Å². The summed E-state index contributed by atoms with van der Waals surface area (Å²) >= 11 is 0. The SMILES string of the molecule is CCCCc1ccc2[nH]c(=O)[nH]c2c1. The number of fused-ring (bicyclic) bond motifs is 1. The smallest absolute Gasteiger partial charge is 0.306 e. The lowest BCUT2D eigenvalue weighted by Gasteiger charge is -1.98. The quantitative estimate of drug-likeness (QED) is 0.765. The molecule has 2 N–H and O–H groups in total. The third kappa shape index (κ3) is 1.71. The maximum atomic E-state index is 11.0. The molecule has 0 radical (unpaired) electrons. The molecular weight excluding hydrogens is 176 g/mol. The maximum absolute atomic E-state index is 11.0. The topological polar surface area (TPSA) is 48.6 Å². The van der Waals surface area contributed by atoms with E-state index in [1.54, 1.807) is 0 Å². The highest BCUT2D eigenvalue weighted by atomic mass is 16.1. The van der Waals surface area contributed by atoms with Gasteiger partial charge in [-0.05, 0) is 30.5 Å². The highest BCUT2D eigenvalue weighted by Crippen LogP contribution is 2.12. The van der Waals surface area contributed by atoms with Gasteiger partial charge in [0.05, 0.1) is 11.0 Å². The first-order chi connectivity index (χ1) is 6.79. The molecule has 2 rings (SSSR count). The molecule has 1 heterocycles. The number of benzene rings is 1. The van der Waals surface area contributed by atoms with Gasteiger partial charge in [0.2, 0.25) is 0 Å². The number of imidazole rings is 1. The van der Waals surface area contributed by atoms with Gasteiger partial charge < -0.3 is 9.97 Å². The zero-order valence-electron chi connectivity index (χ0n) is 8.26. The highest BCUT2D eigenvalue weighted by molar-refractivity contribution is 5.74. The summed E-state index contributed by atoms with van der Waals surface area (Å²) in [6, 6.07) is 6.07. The van der Waals surface area contributed by atoms with Crippen molar-refractivity contribution in [3.05, 3.63) is 34.2 Å². The Morgan fingerprint density at radius 1 is 1.21 bits per heavy atom. The van der Waals surface area contributed by atoms with E-state index < -0.39 is 0 Å². The van der Waals surface area contributed by atoms with Crippen molar-refractivity contribution in [3.63, 3.8) is 0 Å². The van der Waals surface area contributed by atoms with Crippen molar-refractivity contribution in [1.82, 2.24) is 9.97 Å². The van der Waals surface area contributed by atoms with Crippen LogP contribution < -0.4 is 5.69 Å². The van der Waals surface area contributed by atoms with E-state index in [0.717, 1.165) is 17.5 Å². The Morgan fingerprint density at radius 3 is 2.79 bits per heavy atom. The zero-order chi connectivity index (χ0) is 9.97. The molecule has 14 heavy (non-hydrogen) atoms. The zero-order valence-corrected chi connectivity index (χ0v) is 8.26. The third-order valence-corrected chi connectivity index (χ3v) is 2.40. The van der Waals surface area contributed by atoms with Crippen LogP contribution in [0, 0.1) is 0 Å². The summed E-state index contributed by atoms with van der Waals surface area (Å²) in [6.45, 7) is 2.18. The van der Waals surface area contributed by atoms with E-state index in [0.29, 0.717) is 0 Å². The van der Waals surface area contributed by atoms with E-state index in [-0.39, 0.29) is 5.69 Å². The van der Waals surface area contributed by atoms with E-state index in [1.165, 1.54) is 18.4 Å². The first-order valence-corrected chi connectivity index (χ1v) is 5.00. The van der Waals surface area contributed by atoms with E-state index in [9.17, 15) is 4.79 Å². The molecule has 1 aromatic heterocycles. The van der Waals surface area contributed by atoms with Crippen molar-refractivity contribution in [2.75, 3.05) is 0 Å².